The van der Waals surface area contributed by atoms with Crippen LogP contribution >= 0.6 is 0 Å². The number of hydrogen-bond acceptors (Lipinski definition) is 4. The predicted octanol–water partition coefficient (Wildman–Crippen LogP) is -0.235. The number of carbonyl (C=O) groups is 1. The molecule has 23 heavy (non-hydrogen) atoms. The first-order valence-electron chi connectivity index (χ1n) is 6.80. The molecular weight excluding hydrogens is 303 g/mol. The van der Waals surface area contributed by atoms with Gasteiger partial charge < -0.3 is 19.4 Å². The normalized spacial score (nSPS) is 9.91. The number of fused-ring (bicyclic) bond motifs is 1. The molecular formula is C18H13NaO4. The Kier molecular flexibility index (Phi) is 6.04. The topological polar surface area (TPSA) is 58.6 Å². The van der Waals surface area contributed by atoms with Crippen LogP contribution in [-0.4, -0.2) is 12.6 Å². The molecule has 0 bridgehead atoms. The van der Waals surface area contributed by atoms with Gasteiger partial charge in [0.1, 0.15) is 23.9 Å². The van der Waals surface area contributed by atoms with Crippen molar-refractivity contribution in [3.63, 3.8) is 0 Å². The molecule has 0 atom stereocenters. The second-order valence-electron chi connectivity index (χ2n) is 4.74. The molecule has 0 heterocycles. The average Bonchev–Trinajstić information content (AvgIpc) is 2.54. The maximum atomic E-state index is 10.3. The largest absolute Gasteiger partial charge is 1.00 e. The van der Waals surface area contributed by atoms with Crippen LogP contribution in [0.5, 0.6) is 17.2 Å². The van der Waals surface area contributed by atoms with E-state index in [2.05, 4.69) is 0 Å². The Bertz CT molecular complexity index is 799. The molecule has 4 nitrogen and oxygen atoms in total. The number of carboxylic acids is 1. The third-order valence-corrected chi connectivity index (χ3v) is 3.14. The van der Waals surface area contributed by atoms with Gasteiger partial charge in [0.05, 0.1) is 5.97 Å². The molecule has 0 aromatic heterocycles. The Labute approximate surface area is 155 Å². The SMILES string of the molecule is O=C([O-])COc1ccc(Oc2ccc3ccccc3c2)cc1.[Na+]. The zero-order valence-corrected chi connectivity index (χ0v) is 14.7. The molecule has 0 aliphatic rings. The summed E-state index contributed by atoms with van der Waals surface area (Å²) in [7, 11) is 0. The zero-order chi connectivity index (χ0) is 15.4. The van der Waals surface area contributed by atoms with E-state index in [9.17, 15) is 9.90 Å². The Morgan fingerprint density at radius 2 is 1.43 bits per heavy atom. The maximum Gasteiger partial charge on any atom is 1.00 e. The molecule has 0 fully saturated rings. The molecule has 0 N–H and O–H groups in total. The molecule has 0 aliphatic carbocycles. The summed E-state index contributed by atoms with van der Waals surface area (Å²) in [5, 5.41) is 12.6. The first-order valence-corrected chi connectivity index (χ1v) is 6.80. The number of benzene rings is 3. The van der Waals surface area contributed by atoms with Crippen LogP contribution in [0.2, 0.25) is 0 Å². The minimum atomic E-state index is -1.25. The van der Waals surface area contributed by atoms with Crippen molar-refractivity contribution in [2.24, 2.45) is 0 Å². The summed E-state index contributed by atoms with van der Waals surface area (Å²) in [5.41, 5.74) is 0. The molecule has 0 amide bonds. The maximum absolute atomic E-state index is 10.3. The molecule has 3 aromatic rings. The van der Waals surface area contributed by atoms with Gasteiger partial charge in [-0.1, -0.05) is 30.3 Å². The number of ether oxygens (including phenoxy) is 2. The standard InChI is InChI=1S/C18H14O4.Na/c19-18(20)12-21-15-7-9-16(10-8-15)22-17-6-5-13-3-1-2-4-14(13)11-17;/h1-11H,12H2,(H,19,20);/q;+1/p-1. The van der Waals surface area contributed by atoms with Crippen molar-refractivity contribution in [2.45, 2.75) is 0 Å². The van der Waals surface area contributed by atoms with Crippen molar-refractivity contribution < 1.29 is 48.9 Å². The van der Waals surface area contributed by atoms with Crippen molar-refractivity contribution in [1.29, 1.82) is 0 Å². The second kappa shape index (κ2) is 8.02. The smallest absolute Gasteiger partial charge is 0.546 e. The monoisotopic (exact) mass is 316 g/mol. The molecule has 3 rings (SSSR count). The number of hydrogen-bond donors (Lipinski definition) is 0. The van der Waals surface area contributed by atoms with Gasteiger partial charge in [-0.2, -0.15) is 0 Å². The molecule has 0 saturated carbocycles. The van der Waals surface area contributed by atoms with Gasteiger partial charge in [-0.3, -0.25) is 0 Å². The van der Waals surface area contributed by atoms with Crippen LogP contribution in [0.15, 0.2) is 66.7 Å². The van der Waals surface area contributed by atoms with Gasteiger partial charge in [0.2, 0.25) is 0 Å². The van der Waals surface area contributed by atoms with Crippen molar-refractivity contribution in [3.05, 3.63) is 66.7 Å². The first kappa shape index (κ1) is 17.3. The molecule has 5 heteroatoms. The van der Waals surface area contributed by atoms with Crippen LogP contribution in [-0.2, 0) is 4.79 Å². The molecule has 3 aromatic carbocycles. The van der Waals surface area contributed by atoms with E-state index in [1.807, 2.05) is 42.5 Å². The van der Waals surface area contributed by atoms with Crippen LogP contribution in [0.25, 0.3) is 10.8 Å². The Balaban J connectivity index is 0.00000192. The summed E-state index contributed by atoms with van der Waals surface area (Å²) in [6.07, 6.45) is 0. The van der Waals surface area contributed by atoms with Gasteiger partial charge in [0.25, 0.3) is 0 Å². The van der Waals surface area contributed by atoms with Crippen LogP contribution in [0.4, 0.5) is 0 Å². The summed E-state index contributed by atoms with van der Waals surface area (Å²) >= 11 is 0. The molecule has 0 aliphatic heterocycles. The van der Waals surface area contributed by atoms with Gasteiger partial charge >= 0.3 is 29.6 Å². The van der Waals surface area contributed by atoms with Crippen LogP contribution < -0.4 is 44.1 Å². The minimum absolute atomic E-state index is 0. The first-order chi connectivity index (χ1) is 10.7. The fourth-order valence-electron chi connectivity index (χ4n) is 2.11. The van der Waals surface area contributed by atoms with Gasteiger partial charge in [-0.25, -0.2) is 0 Å². The van der Waals surface area contributed by atoms with Gasteiger partial charge in [-0.05, 0) is 47.2 Å². The van der Waals surface area contributed by atoms with E-state index >= 15 is 0 Å². The van der Waals surface area contributed by atoms with Gasteiger partial charge in [0, 0.05) is 0 Å². The third-order valence-electron chi connectivity index (χ3n) is 3.14. The third kappa shape index (κ3) is 4.73. The molecule has 110 valence electrons. The summed E-state index contributed by atoms with van der Waals surface area (Å²) in [4.78, 5) is 10.3. The number of aliphatic carboxylic acids is 1. The van der Waals surface area contributed by atoms with E-state index in [0.29, 0.717) is 11.5 Å². The zero-order valence-electron chi connectivity index (χ0n) is 12.7. The van der Waals surface area contributed by atoms with Crippen molar-refractivity contribution in [1.82, 2.24) is 0 Å². The van der Waals surface area contributed by atoms with E-state index < -0.39 is 12.6 Å². The van der Waals surface area contributed by atoms with Crippen LogP contribution in [0, 0.1) is 0 Å². The fourth-order valence-corrected chi connectivity index (χ4v) is 2.11. The van der Waals surface area contributed by atoms with E-state index in [1.165, 1.54) is 0 Å². The Hall–Kier alpha value is -2.01. The number of rotatable bonds is 5. The van der Waals surface area contributed by atoms with Gasteiger partial charge in [-0.15, -0.1) is 0 Å². The fraction of sp³-hybridized carbons (Fsp3) is 0.0556. The molecule has 0 radical (unpaired) electrons. The Morgan fingerprint density at radius 3 is 2.13 bits per heavy atom. The van der Waals surface area contributed by atoms with E-state index in [0.717, 1.165) is 16.5 Å². The molecule has 0 saturated heterocycles. The van der Waals surface area contributed by atoms with Gasteiger partial charge in [0.15, 0.2) is 0 Å². The minimum Gasteiger partial charge on any atom is -0.546 e. The van der Waals surface area contributed by atoms with Crippen molar-refractivity contribution >= 4 is 16.7 Å². The summed E-state index contributed by atoms with van der Waals surface area (Å²) < 4.78 is 10.8. The van der Waals surface area contributed by atoms with Crippen molar-refractivity contribution in [3.8, 4) is 17.2 Å². The quantitative estimate of drug-likeness (QED) is 0.610. The van der Waals surface area contributed by atoms with E-state index in [4.69, 9.17) is 9.47 Å². The number of carboxylic acid groups (broad SMARTS) is 1. The summed E-state index contributed by atoms with van der Waals surface area (Å²) in [6.45, 7) is -0.467. The molecule has 0 unspecified atom stereocenters. The van der Waals surface area contributed by atoms with Crippen LogP contribution in [0.1, 0.15) is 0 Å². The molecule has 0 spiro atoms. The number of carbonyl (C=O) groups excluding carboxylic acids is 1. The summed E-state index contributed by atoms with van der Waals surface area (Å²) in [6, 6.07) is 20.7. The average molecular weight is 316 g/mol. The van der Waals surface area contributed by atoms with Crippen molar-refractivity contribution in [2.75, 3.05) is 6.61 Å². The summed E-state index contributed by atoms with van der Waals surface area (Å²) in [5.74, 6) is 0.588. The van der Waals surface area contributed by atoms with Crippen LogP contribution in [0.3, 0.4) is 0 Å². The van der Waals surface area contributed by atoms with E-state index in [-0.39, 0.29) is 29.6 Å². The Morgan fingerprint density at radius 1 is 0.826 bits per heavy atom. The predicted molar refractivity (Wildman–Crippen MR) is 81.0 cm³/mol. The van der Waals surface area contributed by atoms with E-state index in [1.54, 1.807) is 24.3 Å². The second-order valence-corrected chi connectivity index (χ2v) is 4.74.